The molecule has 1 saturated carbocycles. The molecule has 1 aliphatic heterocycles. The molecule has 118 valence electrons. The molecule has 0 radical (unpaired) electrons. The molecule has 0 bridgehead atoms. The summed E-state index contributed by atoms with van der Waals surface area (Å²) in [5.74, 6) is -0.279. The van der Waals surface area contributed by atoms with Gasteiger partial charge in [0.1, 0.15) is 0 Å². The lowest BCUT2D eigenvalue weighted by Gasteiger charge is -2.52. The minimum absolute atomic E-state index is 0.0585. The minimum Gasteiger partial charge on any atom is -0.461 e. The molecule has 0 amide bonds. The van der Waals surface area contributed by atoms with Crippen molar-refractivity contribution in [2.75, 3.05) is 11.4 Å². The van der Waals surface area contributed by atoms with Crippen molar-refractivity contribution in [3.63, 3.8) is 0 Å². The van der Waals surface area contributed by atoms with E-state index in [0.29, 0.717) is 17.7 Å². The fourth-order valence-corrected chi connectivity index (χ4v) is 4.27. The molecule has 0 spiro atoms. The second-order valence-corrected chi connectivity index (χ2v) is 7.34. The summed E-state index contributed by atoms with van der Waals surface area (Å²) in [6, 6.07) is 6.35. The summed E-state index contributed by atoms with van der Waals surface area (Å²) in [5, 5.41) is 4.70. The molecular formula is C18H23FN2O. The highest BCUT2D eigenvalue weighted by atomic mass is 19.1. The molecule has 2 aliphatic rings. The van der Waals surface area contributed by atoms with Gasteiger partial charge in [-0.15, -0.1) is 0 Å². The van der Waals surface area contributed by atoms with Gasteiger partial charge in [0, 0.05) is 35.2 Å². The first-order chi connectivity index (χ1) is 10.6. The van der Waals surface area contributed by atoms with Crippen LogP contribution in [0.15, 0.2) is 28.9 Å². The van der Waals surface area contributed by atoms with Crippen LogP contribution in [0.25, 0.3) is 11.0 Å². The number of halogens is 1. The SMILES string of the molecule is CC1(C)CN(c2ccc(F)c3occc23)[C@@H]2CCCC[C@@H]2N1. The topological polar surface area (TPSA) is 28.4 Å². The lowest BCUT2D eigenvalue weighted by Crippen LogP contribution is -2.67. The van der Waals surface area contributed by atoms with Crippen LogP contribution in [0.2, 0.25) is 0 Å². The van der Waals surface area contributed by atoms with Gasteiger partial charge in [-0.2, -0.15) is 0 Å². The Balaban J connectivity index is 1.80. The van der Waals surface area contributed by atoms with Crippen LogP contribution in [0.4, 0.5) is 10.1 Å². The first-order valence-corrected chi connectivity index (χ1v) is 8.25. The summed E-state index contributed by atoms with van der Waals surface area (Å²) in [7, 11) is 0. The first-order valence-electron chi connectivity index (χ1n) is 8.25. The molecule has 4 heteroatoms. The molecule has 2 aromatic rings. The zero-order valence-electron chi connectivity index (χ0n) is 13.2. The number of anilines is 1. The zero-order chi connectivity index (χ0) is 15.3. The predicted octanol–water partition coefficient (Wildman–Crippen LogP) is 4.07. The van der Waals surface area contributed by atoms with Gasteiger partial charge in [-0.3, -0.25) is 0 Å². The average molecular weight is 302 g/mol. The maximum atomic E-state index is 13.9. The van der Waals surface area contributed by atoms with Crippen LogP contribution >= 0.6 is 0 Å². The van der Waals surface area contributed by atoms with Crippen LogP contribution in [0.3, 0.4) is 0 Å². The molecule has 2 atom stereocenters. The van der Waals surface area contributed by atoms with Gasteiger partial charge in [-0.1, -0.05) is 12.8 Å². The van der Waals surface area contributed by atoms with Crippen molar-refractivity contribution in [3.8, 4) is 0 Å². The Bertz CT molecular complexity index is 693. The van der Waals surface area contributed by atoms with Crippen LogP contribution in [0.5, 0.6) is 0 Å². The number of piperazine rings is 1. The van der Waals surface area contributed by atoms with Gasteiger partial charge in [0.2, 0.25) is 0 Å². The third kappa shape index (κ3) is 2.21. The van der Waals surface area contributed by atoms with Gasteiger partial charge in [-0.25, -0.2) is 4.39 Å². The third-order valence-electron chi connectivity index (χ3n) is 5.13. The molecule has 4 rings (SSSR count). The summed E-state index contributed by atoms with van der Waals surface area (Å²) < 4.78 is 19.3. The standard InChI is InChI=1S/C18H23FN2O/c1-18(2)11-21(16-6-4-3-5-14(16)20-18)15-8-7-13(19)17-12(15)9-10-22-17/h7-10,14,16,20H,3-6,11H2,1-2H3/t14-,16+/m0/s1. The van der Waals surface area contributed by atoms with Gasteiger partial charge < -0.3 is 14.6 Å². The fourth-order valence-electron chi connectivity index (χ4n) is 4.27. The quantitative estimate of drug-likeness (QED) is 0.860. The zero-order valence-corrected chi connectivity index (χ0v) is 13.2. The number of benzene rings is 1. The molecule has 2 heterocycles. The average Bonchev–Trinajstić information content (AvgIpc) is 2.96. The molecular weight excluding hydrogens is 279 g/mol. The Morgan fingerprint density at radius 3 is 2.91 bits per heavy atom. The molecule has 3 nitrogen and oxygen atoms in total. The van der Waals surface area contributed by atoms with Gasteiger partial charge in [-0.05, 0) is 44.9 Å². The molecule has 1 N–H and O–H groups in total. The van der Waals surface area contributed by atoms with Crippen molar-refractivity contribution in [2.45, 2.75) is 57.2 Å². The van der Waals surface area contributed by atoms with E-state index in [2.05, 4.69) is 24.1 Å². The van der Waals surface area contributed by atoms with Crippen LogP contribution in [0.1, 0.15) is 39.5 Å². The molecule has 1 aromatic carbocycles. The maximum Gasteiger partial charge on any atom is 0.171 e. The van der Waals surface area contributed by atoms with Gasteiger partial charge in [0.05, 0.1) is 6.26 Å². The fraction of sp³-hybridized carbons (Fsp3) is 0.556. The largest absolute Gasteiger partial charge is 0.461 e. The number of rotatable bonds is 1. The molecule has 1 saturated heterocycles. The van der Waals surface area contributed by atoms with Crippen LogP contribution in [-0.2, 0) is 0 Å². The second-order valence-electron chi connectivity index (χ2n) is 7.34. The number of hydrogen-bond acceptors (Lipinski definition) is 3. The van der Waals surface area contributed by atoms with Gasteiger partial charge in [0.25, 0.3) is 0 Å². The first kappa shape index (κ1) is 14.1. The van der Waals surface area contributed by atoms with E-state index in [0.717, 1.165) is 17.6 Å². The minimum atomic E-state index is -0.279. The number of fused-ring (bicyclic) bond motifs is 2. The monoisotopic (exact) mass is 302 g/mol. The summed E-state index contributed by atoms with van der Waals surface area (Å²) in [4.78, 5) is 2.48. The van der Waals surface area contributed by atoms with Gasteiger partial charge >= 0.3 is 0 Å². The highest BCUT2D eigenvalue weighted by molar-refractivity contribution is 5.91. The van der Waals surface area contributed by atoms with Crippen molar-refractivity contribution >= 4 is 16.7 Å². The molecule has 0 unspecified atom stereocenters. The molecule has 2 fully saturated rings. The van der Waals surface area contributed by atoms with Crippen molar-refractivity contribution in [3.05, 3.63) is 30.3 Å². The van der Waals surface area contributed by atoms with Gasteiger partial charge in [0.15, 0.2) is 11.4 Å². The Kier molecular flexibility index (Phi) is 3.19. The lowest BCUT2D eigenvalue weighted by atomic mass is 9.83. The molecule has 1 aliphatic carbocycles. The lowest BCUT2D eigenvalue weighted by molar-refractivity contribution is 0.199. The van der Waals surface area contributed by atoms with E-state index in [9.17, 15) is 4.39 Å². The maximum absolute atomic E-state index is 13.9. The van der Waals surface area contributed by atoms with Crippen LogP contribution in [-0.4, -0.2) is 24.2 Å². The highest BCUT2D eigenvalue weighted by Crippen LogP contribution is 2.37. The summed E-state index contributed by atoms with van der Waals surface area (Å²) in [5.41, 5.74) is 1.54. The summed E-state index contributed by atoms with van der Waals surface area (Å²) in [6.45, 7) is 5.43. The summed E-state index contributed by atoms with van der Waals surface area (Å²) in [6.07, 6.45) is 6.58. The van der Waals surface area contributed by atoms with E-state index in [4.69, 9.17) is 4.42 Å². The Hall–Kier alpha value is -1.55. The van der Waals surface area contributed by atoms with Crippen LogP contribution < -0.4 is 10.2 Å². The molecule has 1 aromatic heterocycles. The Labute approximate surface area is 130 Å². The van der Waals surface area contributed by atoms with E-state index in [-0.39, 0.29) is 11.4 Å². The van der Waals surface area contributed by atoms with E-state index in [1.54, 1.807) is 6.26 Å². The highest BCUT2D eigenvalue weighted by Gasteiger charge is 2.41. The number of furan rings is 1. The molecule has 22 heavy (non-hydrogen) atoms. The Morgan fingerprint density at radius 2 is 2.05 bits per heavy atom. The van der Waals surface area contributed by atoms with E-state index in [1.165, 1.54) is 31.7 Å². The third-order valence-corrected chi connectivity index (χ3v) is 5.13. The number of nitrogens with zero attached hydrogens (tertiary/aromatic N) is 1. The second kappa shape index (κ2) is 4.98. The summed E-state index contributed by atoms with van der Waals surface area (Å²) >= 11 is 0. The number of hydrogen-bond donors (Lipinski definition) is 1. The van der Waals surface area contributed by atoms with E-state index in [1.807, 2.05) is 12.1 Å². The van der Waals surface area contributed by atoms with Crippen LogP contribution in [0, 0.1) is 5.82 Å². The van der Waals surface area contributed by atoms with E-state index < -0.39 is 0 Å². The van der Waals surface area contributed by atoms with Crippen molar-refractivity contribution in [1.82, 2.24) is 5.32 Å². The van der Waals surface area contributed by atoms with Crippen molar-refractivity contribution in [2.24, 2.45) is 0 Å². The smallest absolute Gasteiger partial charge is 0.171 e. The predicted molar refractivity (Wildman–Crippen MR) is 86.8 cm³/mol. The van der Waals surface area contributed by atoms with Crippen molar-refractivity contribution < 1.29 is 8.81 Å². The Morgan fingerprint density at radius 1 is 1.23 bits per heavy atom. The number of nitrogens with one attached hydrogen (secondary N) is 1. The van der Waals surface area contributed by atoms with E-state index >= 15 is 0 Å². The normalized spacial score (nSPS) is 27.9. The van der Waals surface area contributed by atoms with Crippen molar-refractivity contribution in [1.29, 1.82) is 0 Å².